The summed E-state index contributed by atoms with van der Waals surface area (Å²) in [5.41, 5.74) is 5.62. The molecule has 4 aromatic rings. The van der Waals surface area contributed by atoms with Crippen LogP contribution in [0.2, 0.25) is 0 Å². The molecule has 2 heterocycles. The molecule has 0 saturated heterocycles. The molecule has 0 aliphatic heterocycles. The quantitative estimate of drug-likeness (QED) is 0.400. The van der Waals surface area contributed by atoms with Gasteiger partial charge in [-0.05, 0) is 61.1 Å². The van der Waals surface area contributed by atoms with Gasteiger partial charge in [-0.1, -0.05) is 30.3 Å². The number of benzene rings is 2. The van der Waals surface area contributed by atoms with E-state index in [1.165, 1.54) is 6.07 Å². The summed E-state index contributed by atoms with van der Waals surface area (Å²) in [7, 11) is 0. The molecule has 0 N–H and O–H groups in total. The topological polar surface area (TPSA) is 51.0 Å². The van der Waals surface area contributed by atoms with Crippen molar-refractivity contribution < 1.29 is 13.6 Å². The van der Waals surface area contributed by atoms with Gasteiger partial charge in [-0.3, -0.25) is 9.78 Å². The fraction of sp³-hybridized carbons (Fsp3) is 0.222. The highest BCUT2D eigenvalue weighted by Gasteiger charge is 2.30. The molecule has 5 rings (SSSR count). The minimum Gasteiger partial charge on any atom is -0.329 e. The third-order valence-electron chi connectivity index (χ3n) is 6.29. The highest BCUT2D eigenvalue weighted by Crippen LogP contribution is 2.30. The third-order valence-corrected chi connectivity index (χ3v) is 6.29. The summed E-state index contributed by atoms with van der Waals surface area (Å²) in [6.45, 7) is 2.83. The summed E-state index contributed by atoms with van der Waals surface area (Å²) in [4.78, 5) is 19.8. The average molecular weight is 459 g/mol. The van der Waals surface area contributed by atoms with E-state index in [0.717, 1.165) is 59.3 Å². The number of aryl methyl sites for hydroxylation is 1. The van der Waals surface area contributed by atoms with Crippen molar-refractivity contribution in [3.05, 3.63) is 112 Å². The lowest BCUT2D eigenvalue weighted by molar-refractivity contribution is 0.0722. The van der Waals surface area contributed by atoms with Crippen LogP contribution >= 0.6 is 0 Å². The molecule has 0 bridgehead atoms. The Hall–Kier alpha value is -3.87. The Labute approximate surface area is 196 Å². The van der Waals surface area contributed by atoms with Crippen molar-refractivity contribution in [3.63, 3.8) is 0 Å². The first-order valence-electron chi connectivity index (χ1n) is 11.3. The van der Waals surface area contributed by atoms with Crippen molar-refractivity contribution in [2.45, 2.75) is 39.3 Å². The standard InChI is InChI=1S/C27H24F2N4O/c1-18-6-2-3-8-20(18)17-32(16-19-7-5-13-30-15-19)27(34)26-22-9-4-10-25(22)33(31-26)21-11-12-23(28)24(29)14-21/h2-3,5-8,11-15H,4,9-10,16-17H2,1H3. The first-order chi connectivity index (χ1) is 16.5. The van der Waals surface area contributed by atoms with Crippen molar-refractivity contribution >= 4 is 5.91 Å². The molecule has 2 aromatic carbocycles. The summed E-state index contributed by atoms with van der Waals surface area (Å²) >= 11 is 0. The van der Waals surface area contributed by atoms with Crippen LogP contribution in [0.3, 0.4) is 0 Å². The van der Waals surface area contributed by atoms with Gasteiger partial charge in [0.15, 0.2) is 17.3 Å². The van der Waals surface area contributed by atoms with Gasteiger partial charge in [-0.25, -0.2) is 13.5 Å². The predicted octanol–water partition coefficient (Wildman–Crippen LogP) is 5.19. The van der Waals surface area contributed by atoms with Gasteiger partial charge in [0.2, 0.25) is 0 Å². The Morgan fingerprint density at radius 2 is 1.88 bits per heavy atom. The number of aromatic nitrogens is 3. The Bertz CT molecular complexity index is 1350. The second-order valence-corrected chi connectivity index (χ2v) is 8.59. The molecular formula is C27H24F2N4O. The van der Waals surface area contributed by atoms with Crippen molar-refractivity contribution in [1.82, 2.24) is 19.7 Å². The van der Waals surface area contributed by atoms with Crippen LogP contribution in [-0.2, 0) is 25.9 Å². The smallest absolute Gasteiger partial charge is 0.275 e. The maximum absolute atomic E-state index is 13.9. The normalized spacial score (nSPS) is 12.6. The number of carbonyl (C=O) groups excluding carboxylic acids is 1. The summed E-state index contributed by atoms with van der Waals surface area (Å²) in [5, 5.41) is 4.62. The first kappa shape index (κ1) is 21.9. The summed E-state index contributed by atoms with van der Waals surface area (Å²) in [6.07, 6.45) is 5.80. The molecule has 2 aromatic heterocycles. The summed E-state index contributed by atoms with van der Waals surface area (Å²) in [6, 6.07) is 15.5. The summed E-state index contributed by atoms with van der Waals surface area (Å²) < 4.78 is 29.0. The van der Waals surface area contributed by atoms with Crippen molar-refractivity contribution in [3.8, 4) is 5.69 Å². The van der Waals surface area contributed by atoms with Crippen molar-refractivity contribution in [1.29, 1.82) is 0 Å². The van der Waals surface area contributed by atoms with Crippen LogP contribution in [0.5, 0.6) is 0 Å². The van der Waals surface area contributed by atoms with Gasteiger partial charge in [0.05, 0.1) is 5.69 Å². The molecule has 0 atom stereocenters. The van der Waals surface area contributed by atoms with Crippen LogP contribution in [0.1, 0.15) is 44.9 Å². The fourth-order valence-electron chi connectivity index (χ4n) is 4.49. The third kappa shape index (κ3) is 4.21. The van der Waals surface area contributed by atoms with E-state index in [1.54, 1.807) is 22.0 Å². The Balaban J connectivity index is 1.54. The minimum atomic E-state index is -0.939. The van der Waals surface area contributed by atoms with Crippen LogP contribution in [0.4, 0.5) is 8.78 Å². The monoisotopic (exact) mass is 458 g/mol. The molecule has 7 heteroatoms. The van der Waals surface area contributed by atoms with Gasteiger partial charge in [0, 0.05) is 42.8 Å². The Morgan fingerprint density at radius 3 is 2.65 bits per heavy atom. The van der Waals surface area contributed by atoms with Crippen LogP contribution in [0.25, 0.3) is 5.69 Å². The maximum atomic E-state index is 13.9. The molecule has 172 valence electrons. The Kier molecular flexibility index (Phi) is 5.92. The number of pyridine rings is 1. The number of rotatable bonds is 6. The molecule has 34 heavy (non-hydrogen) atoms. The van der Waals surface area contributed by atoms with Gasteiger partial charge in [-0.15, -0.1) is 0 Å². The second-order valence-electron chi connectivity index (χ2n) is 8.59. The maximum Gasteiger partial charge on any atom is 0.275 e. The first-order valence-corrected chi connectivity index (χ1v) is 11.3. The van der Waals surface area contributed by atoms with E-state index < -0.39 is 11.6 Å². The molecule has 0 fully saturated rings. The van der Waals surface area contributed by atoms with Gasteiger partial charge >= 0.3 is 0 Å². The Morgan fingerprint density at radius 1 is 1.03 bits per heavy atom. The largest absolute Gasteiger partial charge is 0.329 e. The number of amides is 1. The van der Waals surface area contributed by atoms with Crippen molar-refractivity contribution in [2.75, 3.05) is 0 Å². The highest BCUT2D eigenvalue weighted by atomic mass is 19.2. The van der Waals surface area contributed by atoms with E-state index in [9.17, 15) is 13.6 Å². The van der Waals surface area contributed by atoms with E-state index in [0.29, 0.717) is 24.5 Å². The highest BCUT2D eigenvalue weighted by molar-refractivity contribution is 5.94. The van der Waals surface area contributed by atoms with Crippen LogP contribution < -0.4 is 0 Å². The second kappa shape index (κ2) is 9.17. The lowest BCUT2D eigenvalue weighted by Crippen LogP contribution is -2.31. The average Bonchev–Trinajstić information content (AvgIpc) is 3.45. The lowest BCUT2D eigenvalue weighted by Gasteiger charge is -2.23. The molecule has 0 radical (unpaired) electrons. The zero-order valence-electron chi connectivity index (χ0n) is 18.8. The van der Waals surface area contributed by atoms with Gasteiger partial charge in [-0.2, -0.15) is 5.10 Å². The number of hydrogen-bond acceptors (Lipinski definition) is 3. The zero-order chi connectivity index (χ0) is 23.7. The van der Waals surface area contributed by atoms with E-state index in [2.05, 4.69) is 10.1 Å². The number of nitrogens with zero attached hydrogens (tertiary/aromatic N) is 4. The van der Waals surface area contributed by atoms with Gasteiger partial charge in [0.1, 0.15) is 0 Å². The molecule has 0 unspecified atom stereocenters. The number of hydrogen-bond donors (Lipinski definition) is 0. The van der Waals surface area contributed by atoms with Gasteiger partial charge < -0.3 is 4.90 Å². The molecule has 5 nitrogen and oxygen atoms in total. The van der Waals surface area contributed by atoms with E-state index in [1.807, 2.05) is 43.3 Å². The SMILES string of the molecule is Cc1ccccc1CN(Cc1cccnc1)C(=O)c1nn(-c2ccc(F)c(F)c2)c2c1CCC2. The number of fused-ring (bicyclic) bond motifs is 1. The lowest BCUT2D eigenvalue weighted by atomic mass is 10.1. The van der Waals surface area contributed by atoms with E-state index >= 15 is 0 Å². The molecule has 1 amide bonds. The molecule has 1 aliphatic rings. The van der Waals surface area contributed by atoms with E-state index in [-0.39, 0.29) is 5.91 Å². The zero-order valence-corrected chi connectivity index (χ0v) is 18.8. The van der Waals surface area contributed by atoms with E-state index in [4.69, 9.17) is 0 Å². The molecule has 0 saturated carbocycles. The molecular weight excluding hydrogens is 434 g/mol. The van der Waals surface area contributed by atoms with Crippen LogP contribution in [0.15, 0.2) is 67.0 Å². The number of halogens is 2. The molecule has 0 spiro atoms. The predicted molar refractivity (Wildman–Crippen MR) is 124 cm³/mol. The van der Waals surface area contributed by atoms with Crippen LogP contribution in [-0.4, -0.2) is 25.6 Å². The van der Waals surface area contributed by atoms with Crippen molar-refractivity contribution in [2.24, 2.45) is 0 Å². The van der Waals surface area contributed by atoms with Gasteiger partial charge in [0.25, 0.3) is 5.91 Å². The minimum absolute atomic E-state index is 0.188. The van der Waals surface area contributed by atoms with Crippen LogP contribution in [0, 0.1) is 18.6 Å². The summed E-state index contributed by atoms with van der Waals surface area (Å²) in [5.74, 6) is -2.04. The fourth-order valence-corrected chi connectivity index (χ4v) is 4.49. The number of carbonyl (C=O) groups is 1. The molecule has 1 aliphatic carbocycles.